The van der Waals surface area contributed by atoms with Gasteiger partial charge >= 0.3 is 6.03 Å². The second-order valence-electron chi connectivity index (χ2n) is 5.76. The summed E-state index contributed by atoms with van der Waals surface area (Å²) in [5.41, 5.74) is 8.73. The van der Waals surface area contributed by atoms with Crippen LogP contribution >= 0.6 is 0 Å². The van der Waals surface area contributed by atoms with Crippen LogP contribution in [0.1, 0.15) is 22.4 Å². The van der Waals surface area contributed by atoms with Gasteiger partial charge in [-0.2, -0.15) is 9.78 Å². The first-order chi connectivity index (χ1) is 11.7. The van der Waals surface area contributed by atoms with Gasteiger partial charge in [-0.15, -0.1) is 0 Å². The molecule has 0 saturated carbocycles. The quantitative estimate of drug-likeness (QED) is 0.784. The second-order valence-corrected chi connectivity index (χ2v) is 5.76. The van der Waals surface area contributed by atoms with Gasteiger partial charge in [-0.1, -0.05) is 24.3 Å². The molecular formula is C18H15N5O. The Balaban J connectivity index is 1.93. The molecule has 0 radical (unpaired) electrons. The highest BCUT2D eigenvalue weighted by Gasteiger charge is 2.37. The standard InChI is InChI=1S/C18H15N5O/c19-17(24)23-16-9-18(6-5-13(16)10-22-23,14-3-1-7-20-11-14)15-4-2-8-21-12-15/h1-8,10-12H,9H2,(H2,19,24). The highest BCUT2D eigenvalue weighted by atomic mass is 16.2. The van der Waals surface area contributed by atoms with Crippen molar-refractivity contribution in [3.63, 3.8) is 0 Å². The molecule has 0 atom stereocenters. The Bertz CT molecular complexity index is 876. The fourth-order valence-electron chi connectivity index (χ4n) is 3.26. The number of amides is 1. The average molecular weight is 317 g/mol. The Morgan fingerprint density at radius 1 is 1.08 bits per heavy atom. The number of nitrogens with zero attached hydrogens (tertiary/aromatic N) is 4. The minimum absolute atomic E-state index is 0.469. The maximum Gasteiger partial charge on any atom is 0.339 e. The maximum atomic E-state index is 11.7. The number of fused-ring (bicyclic) bond motifs is 1. The van der Waals surface area contributed by atoms with Crippen LogP contribution in [-0.4, -0.2) is 25.8 Å². The van der Waals surface area contributed by atoms with E-state index in [0.29, 0.717) is 6.42 Å². The summed E-state index contributed by atoms with van der Waals surface area (Å²) in [6.07, 6.45) is 13.5. The van der Waals surface area contributed by atoms with Crippen molar-refractivity contribution >= 4 is 12.1 Å². The molecule has 6 heteroatoms. The topological polar surface area (TPSA) is 86.7 Å². The van der Waals surface area contributed by atoms with Crippen LogP contribution in [0.4, 0.5) is 4.79 Å². The molecular weight excluding hydrogens is 302 g/mol. The van der Waals surface area contributed by atoms with E-state index in [4.69, 9.17) is 5.73 Å². The Hall–Kier alpha value is -3.28. The van der Waals surface area contributed by atoms with Gasteiger partial charge in [0.2, 0.25) is 0 Å². The SMILES string of the molecule is NC(=O)n1ncc2c1CC(c1cccnc1)(c1cccnc1)C=C2. The predicted molar refractivity (Wildman–Crippen MR) is 89.2 cm³/mol. The third-order valence-corrected chi connectivity index (χ3v) is 4.46. The molecule has 4 rings (SSSR count). The van der Waals surface area contributed by atoms with Crippen LogP contribution < -0.4 is 5.73 Å². The molecule has 3 aromatic heterocycles. The van der Waals surface area contributed by atoms with Crippen LogP contribution in [0.25, 0.3) is 6.08 Å². The van der Waals surface area contributed by atoms with Gasteiger partial charge in [0.15, 0.2) is 0 Å². The van der Waals surface area contributed by atoms with E-state index in [9.17, 15) is 4.79 Å². The molecule has 6 nitrogen and oxygen atoms in total. The maximum absolute atomic E-state index is 11.7. The van der Waals surface area contributed by atoms with Gasteiger partial charge < -0.3 is 5.73 Å². The normalized spacial score (nSPS) is 15.0. The molecule has 24 heavy (non-hydrogen) atoms. The highest BCUT2D eigenvalue weighted by Crippen LogP contribution is 2.40. The van der Waals surface area contributed by atoms with E-state index in [2.05, 4.69) is 21.1 Å². The number of nitrogens with two attached hydrogens (primary N) is 1. The number of aromatic nitrogens is 4. The van der Waals surface area contributed by atoms with Crippen LogP contribution in [-0.2, 0) is 11.8 Å². The molecule has 2 N–H and O–H groups in total. The zero-order valence-corrected chi connectivity index (χ0v) is 12.8. The molecule has 0 aliphatic heterocycles. The molecule has 0 unspecified atom stereocenters. The molecule has 3 heterocycles. The Morgan fingerprint density at radius 2 is 1.75 bits per heavy atom. The van der Waals surface area contributed by atoms with Gasteiger partial charge in [-0.05, 0) is 23.3 Å². The third-order valence-electron chi connectivity index (χ3n) is 4.46. The molecule has 0 bridgehead atoms. The van der Waals surface area contributed by atoms with E-state index in [-0.39, 0.29) is 0 Å². The number of allylic oxidation sites excluding steroid dienone is 1. The first kappa shape index (κ1) is 14.3. The van der Waals surface area contributed by atoms with Crippen LogP contribution in [0, 0.1) is 0 Å². The fourth-order valence-corrected chi connectivity index (χ4v) is 3.26. The molecule has 0 spiro atoms. The van der Waals surface area contributed by atoms with E-state index in [1.165, 1.54) is 4.68 Å². The third kappa shape index (κ3) is 2.11. The van der Waals surface area contributed by atoms with Gasteiger partial charge in [-0.25, -0.2) is 4.79 Å². The first-order valence-corrected chi connectivity index (χ1v) is 7.58. The number of hydrogen-bond acceptors (Lipinski definition) is 4. The Kier molecular flexibility index (Phi) is 3.23. The van der Waals surface area contributed by atoms with Crippen molar-refractivity contribution in [3.05, 3.63) is 83.7 Å². The molecule has 118 valence electrons. The lowest BCUT2D eigenvalue weighted by atomic mass is 9.69. The van der Waals surface area contributed by atoms with E-state index in [1.54, 1.807) is 18.6 Å². The summed E-state index contributed by atoms with van der Waals surface area (Å²) in [4.78, 5) is 20.2. The largest absolute Gasteiger partial charge is 0.350 e. The zero-order chi connectivity index (χ0) is 16.6. The van der Waals surface area contributed by atoms with Crippen molar-refractivity contribution in [2.75, 3.05) is 0 Å². The summed E-state index contributed by atoms with van der Waals surface area (Å²) in [7, 11) is 0. The molecule has 0 fully saturated rings. The van der Waals surface area contributed by atoms with Crippen molar-refractivity contribution in [2.45, 2.75) is 11.8 Å². The highest BCUT2D eigenvalue weighted by molar-refractivity contribution is 5.77. The van der Waals surface area contributed by atoms with Crippen molar-refractivity contribution in [2.24, 2.45) is 5.73 Å². The van der Waals surface area contributed by atoms with Gasteiger partial charge in [0.25, 0.3) is 0 Å². The molecule has 3 aromatic rings. The van der Waals surface area contributed by atoms with Crippen molar-refractivity contribution in [1.29, 1.82) is 0 Å². The number of hydrogen-bond donors (Lipinski definition) is 1. The van der Waals surface area contributed by atoms with Gasteiger partial charge in [0.05, 0.1) is 11.9 Å². The van der Waals surface area contributed by atoms with Gasteiger partial charge in [0.1, 0.15) is 0 Å². The first-order valence-electron chi connectivity index (χ1n) is 7.58. The number of carbonyl (C=O) groups excluding carboxylic acids is 1. The molecule has 1 aliphatic carbocycles. The summed E-state index contributed by atoms with van der Waals surface area (Å²) in [5, 5.41) is 4.11. The number of pyridine rings is 2. The summed E-state index contributed by atoms with van der Waals surface area (Å²) < 4.78 is 1.26. The van der Waals surface area contributed by atoms with E-state index < -0.39 is 11.4 Å². The van der Waals surface area contributed by atoms with Gasteiger partial charge in [0, 0.05) is 42.2 Å². The Labute approximate surface area is 138 Å². The second kappa shape index (κ2) is 5.42. The van der Waals surface area contributed by atoms with E-state index >= 15 is 0 Å². The molecule has 1 amide bonds. The van der Waals surface area contributed by atoms with Crippen LogP contribution in [0.5, 0.6) is 0 Å². The van der Waals surface area contributed by atoms with Crippen molar-refractivity contribution < 1.29 is 4.79 Å². The summed E-state index contributed by atoms with van der Waals surface area (Å²) >= 11 is 0. The lowest BCUT2D eigenvalue weighted by Gasteiger charge is -2.34. The lowest BCUT2D eigenvalue weighted by Crippen LogP contribution is -2.33. The van der Waals surface area contributed by atoms with Crippen LogP contribution in [0.3, 0.4) is 0 Å². The smallest absolute Gasteiger partial charge is 0.339 e. The number of rotatable bonds is 2. The summed E-state index contributed by atoms with van der Waals surface area (Å²) in [6.45, 7) is 0. The lowest BCUT2D eigenvalue weighted by molar-refractivity contribution is 0.246. The fraction of sp³-hybridized carbons (Fsp3) is 0.111. The predicted octanol–water partition coefficient (Wildman–Crippen LogP) is 2.16. The number of carbonyl (C=O) groups is 1. The zero-order valence-electron chi connectivity index (χ0n) is 12.8. The van der Waals surface area contributed by atoms with E-state index in [0.717, 1.165) is 22.4 Å². The minimum Gasteiger partial charge on any atom is -0.350 e. The average Bonchev–Trinajstić information content (AvgIpc) is 3.06. The van der Waals surface area contributed by atoms with E-state index in [1.807, 2.05) is 42.7 Å². The summed E-state index contributed by atoms with van der Waals surface area (Å²) in [6, 6.07) is 7.28. The summed E-state index contributed by atoms with van der Waals surface area (Å²) in [5.74, 6) is 0. The van der Waals surface area contributed by atoms with Crippen LogP contribution in [0.2, 0.25) is 0 Å². The Morgan fingerprint density at radius 3 is 2.29 bits per heavy atom. The van der Waals surface area contributed by atoms with Crippen molar-refractivity contribution in [1.82, 2.24) is 19.7 Å². The molecule has 0 aromatic carbocycles. The van der Waals surface area contributed by atoms with Crippen LogP contribution in [0.15, 0.2) is 61.3 Å². The monoisotopic (exact) mass is 317 g/mol. The van der Waals surface area contributed by atoms with Gasteiger partial charge in [-0.3, -0.25) is 9.97 Å². The molecule has 0 saturated heterocycles. The number of primary amides is 1. The minimum atomic E-state index is -0.585. The molecule has 1 aliphatic rings. The van der Waals surface area contributed by atoms with Crippen molar-refractivity contribution in [3.8, 4) is 0 Å².